The van der Waals surface area contributed by atoms with Crippen molar-refractivity contribution in [1.29, 1.82) is 0 Å². The zero-order valence-electron chi connectivity index (χ0n) is 9.70. The molecule has 0 fully saturated rings. The predicted molar refractivity (Wildman–Crippen MR) is 65.5 cm³/mol. The lowest BCUT2D eigenvalue weighted by Gasteiger charge is -2.19. The summed E-state index contributed by atoms with van der Waals surface area (Å²) in [7, 11) is 1.76. The normalized spacial score (nSPS) is 10.6. The second kappa shape index (κ2) is 5.16. The first-order chi connectivity index (χ1) is 7.40. The summed E-state index contributed by atoms with van der Waals surface area (Å²) in [6.07, 6.45) is 0. The Labute approximate surface area is 100 Å². The summed E-state index contributed by atoms with van der Waals surface area (Å²) in [5, 5.41) is 0.237. The Hall–Kier alpha value is -1.29. The number of aromatic nitrogens is 1. The number of pyridine rings is 1. The van der Waals surface area contributed by atoms with Gasteiger partial charge in [0.1, 0.15) is 11.0 Å². The van der Waals surface area contributed by atoms with Crippen LogP contribution in [0.15, 0.2) is 12.1 Å². The standard InChI is InChI=1S/C11H16ClN3O/c1-7(2)6-15(3)11(16)8-4-9(12)14-10(13)5-8/h4-5,7H,6H2,1-3H3,(H2,13,14). The molecule has 5 heteroatoms. The second-order valence-corrected chi connectivity index (χ2v) is 4.57. The van der Waals surface area contributed by atoms with Crippen molar-refractivity contribution in [2.24, 2.45) is 5.92 Å². The fourth-order valence-electron chi connectivity index (χ4n) is 1.49. The van der Waals surface area contributed by atoms with Crippen molar-refractivity contribution >= 4 is 23.3 Å². The van der Waals surface area contributed by atoms with E-state index in [-0.39, 0.29) is 16.9 Å². The van der Waals surface area contributed by atoms with E-state index >= 15 is 0 Å². The van der Waals surface area contributed by atoms with Crippen LogP contribution in [0.25, 0.3) is 0 Å². The third-order valence-corrected chi connectivity index (χ3v) is 2.24. The number of hydrogen-bond acceptors (Lipinski definition) is 3. The summed E-state index contributed by atoms with van der Waals surface area (Å²) in [6.45, 7) is 4.80. The zero-order chi connectivity index (χ0) is 12.3. The summed E-state index contributed by atoms with van der Waals surface area (Å²) in [4.78, 5) is 17.4. The molecule has 0 aliphatic carbocycles. The van der Waals surface area contributed by atoms with Gasteiger partial charge in [-0.1, -0.05) is 25.4 Å². The SMILES string of the molecule is CC(C)CN(C)C(=O)c1cc(N)nc(Cl)c1. The molecule has 0 radical (unpaired) electrons. The molecule has 0 saturated carbocycles. The summed E-state index contributed by atoms with van der Waals surface area (Å²) < 4.78 is 0. The molecule has 0 bridgehead atoms. The molecule has 16 heavy (non-hydrogen) atoms. The van der Waals surface area contributed by atoms with Crippen LogP contribution in [0.1, 0.15) is 24.2 Å². The Morgan fingerprint density at radius 2 is 2.19 bits per heavy atom. The molecular formula is C11H16ClN3O. The van der Waals surface area contributed by atoms with Crippen molar-refractivity contribution in [3.8, 4) is 0 Å². The summed E-state index contributed by atoms with van der Waals surface area (Å²) in [5.41, 5.74) is 6.01. The van der Waals surface area contributed by atoms with E-state index in [1.165, 1.54) is 12.1 Å². The second-order valence-electron chi connectivity index (χ2n) is 4.18. The Morgan fingerprint density at radius 1 is 1.56 bits per heavy atom. The molecule has 0 aliphatic rings. The fourth-order valence-corrected chi connectivity index (χ4v) is 1.71. The van der Waals surface area contributed by atoms with Crippen molar-refractivity contribution in [3.63, 3.8) is 0 Å². The largest absolute Gasteiger partial charge is 0.384 e. The maximum absolute atomic E-state index is 12.0. The molecule has 4 nitrogen and oxygen atoms in total. The van der Waals surface area contributed by atoms with E-state index in [4.69, 9.17) is 17.3 Å². The number of anilines is 1. The van der Waals surface area contributed by atoms with Crippen molar-refractivity contribution in [3.05, 3.63) is 22.8 Å². The van der Waals surface area contributed by atoms with E-state index in [9.17, 15) is 4.79 Å². The first kappa shape index (κ1) is 12.8. The van der Waals surface area contributed by atoms with Crippen LogP contribution in [0.2, 0.25) is 5.15 Å². The molecule has 1 amide bonds. The van der Waals surface area contributed by atoms with Gasteiger partial charge in [-0.05, 0) is 18.1 Å². The lowest BCUT2D eigenvalue weighted by Crippen LogP contribution is -2.30. The lowest BCUT2D eigenvalue weighted by atomic mass is 10.2. The average molecular weight is 242 g/mol. The van der Waals surface area contributed by atoms with Gasteiger partial charge in [0.05, 0.1) is 0 Å². The van der Waals surface area contributed by atoms with Gasteiger partial charge in [0.2, 0.25) is 0 Å². The van der Waals surface area contributed by atoms with Crippen LogP contribution >= 0.6 is 11.6 Å². The number of carbonyl (C=O) groups excluding carboxylic acids is 1. The number of nitrogens with zero attached hydrogens (tertiary/aromatic N) is 2. The quantitative estimate of drug-likeness (QED) is 0.824. The molecule has 0 atom stereocenters. The summed E-state index contributed by atoms with van der Waals surface area (Å²) in [5.74, 6) is 0.585. The van der Waals surface area contributed by atoms with Gasteiger partial charge >= 0.3 is 0 Å². The maximum Gasteiger partial charge on any atom is 0.253 e. The van der Waals surface area contributed by atoms with Crippen LogP contribution in [-0.2, 0) is 0 Å². The number of rotatable bonds is 3. The number of nitrogen functional groups attached to an aromatic ring is 1. The highest BCUT2D eigenvalue weighted by Crippen LogP contribution is 2.14. The van der Waals surface area contributed by atoms with Gasteiger partial charge in [-0.3, -0.25) is 4.79 Å². The number of carbonyl (C=O) groups is 1. The van der Waals surface area contributed by atoms with E-state index in [0.717, 1.165) is 0 Å². The van der Waals surface area contributed by atoms with E-state index in [2.05, 4.69) is 18.8 Å². The van der Waals surface area contributed by atoms with E-state index < -0.39 is 0 Å². The number of nitrogens with two attached hydrogens (primary N) is 1. The highest BCUT2D eigenvalue weighted by molar-refractivity contribution is 6.29. The van der Waals surface area contributed by atoms with Crippen LogP contribution in [0, 0.1) is 5.92 Å². The molecule has 1 aromatic rings. The smallest absolute Gasteiger partial charge is 0.253 e. The molecule has 0 aliphatic heterocycles. The van der Waals surface area contributed by atoms with Crippen LogP contribution in [0.3, 0.4) is 0 Å². The number of hydrogen-bond donors (Lipinski definition) is 1. The lowest BCUT2D eigenvalue weighted by molar-refractivity contribution is 0.0779. The summed E-state index contributed by atoms with van der Waals surface area (Å²) >= 11 is 5.74. The van der Waals surface area contributed by atoms with Gasteiger partial charge in [0, 0.05) is 19.2 Å². The Bertz CT molecular complexity index is 373. The third kappa shape index (κ3) is 3.38. The summed E-state index contributed by atoms with van der Waals surface area (Å²) in [6, 6.07) is 3.06. The minimum atomic E-state index is -0.0929. The molecule has 1 rings (SSSR count). The molecule has 0 saturated heterocycles. The molecule has 2 N–H and O–H groups in total. The highest BCUT2D eigenvalue weighted by atomic mass is 35.5. The first-order valence-electron chi connectivity index (χ1n) is 5.08. The molecule has 0 unspecified atom stereocenters. The van der Waals surface area contributed by atoms with E-state index in [1.54, 1.807) is 11.9 Å². The van der Waals surface area contributed by atoms with E-state index in [0.29, 0.717) is 18.0 Å². The Balaban J connectivity index is 2.87. The number of amides is 1. The minimum absolute atomic E-state index is 0.0929. The van der Waals surface area contributed by atoms with Gasteiger partial charge in [-0.2, -0.15) is 0 Å². The maximum atomic E-state index is 12.0. The van der Waals surface area contributed by atoms with Gasteiger partial charge < -0.3 is 10.6 Å². The van der Waals surface area contributed by atoms with Crippen LogP contribution < -0.4 is 5.73 Å². The van der Waals surface area contributed by atoms with Crippen molar-refractivity contribution < 1.29 is 4.79 Å². The van der Waals surface area contributed by atoms with E-state index in [1.807, 2.05) is 0 Å². The van der Waals surface area contributed by atoms with Crippen molar-refractivity contribution in [1.82, 2.24) is 9.88 Å². The van der Waals surface area contributed by atoms with Crippen LogP contribution in [0.4, 0.5) is 5.82 Å². The molecule has 0 aromatic carbocycles. The van der Waals surface area contributed by atoms with Gasteiger partial charge in [0.25, 0.3) is 5.91 Å². The molecule has 1 heterocycles. The zero-order valence-corrected chi connectivity index (χ0v) is 10.5. The molecular weight excluding hydrogens is 226 g/mol. The fraction of sp³-hybridized carbons (Fsp3) is 0.455. The van der Waals surface area contributed by atoms with Gasteiger partial charge in [-0.25, -0.2) is 4.98 Å². The molecule has 0 spiro atoms. The van der Waals surface area contributed by atoms with Gasteiger partial charge in [0.15, 0.2) is 0 Å². The molecule has 1 aromatic heterocycles. The van der Waals surface area contributed by atoms with Crippen molar-refractivity contribution in [2.75, 3.05) is 19.3 Å². The third-order valence-electron chi connectivity index (χ3n) is 2.05. The van der Waals surface area contributed by atoms with Crippen LogP contribution in [0.5, 0.6) is 0 Å². The van der Waals surface area contributed by atoms with Crippen molar-refractivity contribution in [2.45, 2.75) is 13.8 Å². The first-order valence-corrected chi connectivity index (χ1v) is 5.46. The number of halogens is 1. The Kier molecular flexibility index (Phi) is 4.12. The predicted octanol–water partition coefficient (Wildman–Crippen LogP) is 2.05. The van der Waals surface area contributed by atoms with Gasteiger partial charge in [-0.15, -0.1) is 0 Å². The molecule has 88 valence electrons. The van der Waals surface area contributed by atoms with Crippen LogP contribution in [-0.4, -0.2) is 29.4 Å². The minimum Gasteiger partial charge on any atom is -0.384 e. The highest BCUT2D eigenvalue weighted by Gasteiger charge is 2.14. The average Bonchev–Trinajstić information content (AvgIpc) is 2.13. The monoisotopic (exact) mass is 241 g/mol. The Morgan fingerprint density at radius 3 is 2.69 bits per heavy atom. The topological polar surface area (TPSA) is 59.2 Å².